The predicted octanol–water partition coefficient (Wildman–Crippen LogP) is -0.0688. The molecule has 1 fully saturated rings. The number of nitrogens with one attached hydrogen (secondary N) is 1. The van der Waals surface area contributed by atoms with E-state index >= 15 is 0 Å². The van der Waals surface area contributed by atoms with Crippen LogP contribution in [-0.4, -0.2) is 63.8 Å². The molecule has 3 N–H and O–H groups in total. The zero-order chi connectivity index (χ0) is 21.2. The van der Waals surface area contributed by atoms with Crippen molar-refractivity contribution < 1.29 is 16.8 Å². The SMILES string of the molecule is CC#CC1CN(S(=O)(=O)c2ccc(N)nc2)CCN1c1ncc(S(=O)(=O)NC)s1. The lowest BCUT2D eigenvalue weighted by Crippen LogP contribution is -2.54. The number of hydrogen-bond donors (Lipinski definition) is 2. The molecular formula is C16H20N6O4S3. The highest BCUT2D eigenvalue weighted by molar-refractivity contribution is 7.91. The summed E-state index contributed by atoms with van der Waals surface area (Å²) in [4.78, 5) is 9.94. The summed E-state index contributed by atoms with van der Waals surface area (Å²) in [6, 6.07) is 2.38. The first-order valence-electron chi connectivity index (χ1n) is 8.49. The summed E-state index contributed by atoms with van der Waals surface area (Å²) in [6.45, 7) is 2.28. The second-order valence-corrected chi connectivity index (χ2v) is 11.1. The molecule has 0 saturated carbocycles. The minimum atomic E-state index is -3.76. The fraction of sp³-hybridized carbons (Fsp3) is 0.375. The second kappa shape index (κ2) is 8.25. The first-order valence-corrected chi connectivity index (χ1v) is 12.2. The van der Waals surface area contributed by atoms with Crippen LogP contribution in [-0.2, 0) is 20.0 Å². The molecule has 0 radical (unpaired) electrons. The van der Waals surface area contributed by atoms with Gasteiger partial charge in [-0.1, -0.05) is 17.3 Å². The molecule has 3 heterocycles. The summed E-state index contributed by atoms with van der Waals surface area (Å²) >= 11 is 1.01. The van der Waals surface area contributed by atoms with Crippen LogP contribution in [0.4, 0.5) is 10.9 Å². The van der Waals surface area contributed by atoms with Gasteiger partial charge in [-0.3, -0.25) is 0 Å². The molecule has 1 saturated heterocycles. The molecular weight excluding hydrogens is 436 g/mol. The third-order valence-electron chi connectivity index (χ3n) is 4.30. The molecule has 1 aliphatic heterocycles. The molecule has 0 aromatic carbocycles. The lowest BCUT2D eigenvalue weighted by molar-refractivity contribution is 0.360. The van der Waals surface area contributed by atoms with Crippen LogP contribution < -0.4 is 15.4 Å². The summed E-state index contributed by atoms with van der Waals surface area (Å²) in [6.07, 6.45) is 2.51. The lowest BCUT2D eigenvalue weighted by atomic mass is 10.2. The van der Waals surface area contributed by atoms with Gasteiger partial charge in [-0.25, -0.2) is 31.5 Å². The van der Waals surface area contributed by atoms with E-state index in [1.807, 2.05) is 4.90 Å². The Morgan fingerprint density at radius 3 is 2.59 bits per heavy atom. The Morgan fingerprint density at radius 1 is 1.21 bits per heavy atom. The Kier molecular flexibility index (Phi) is 6.11. The standard InChI is InChI=1S/C16H20N6O4S3/c1-3-4-12-11-21(29(25,26)13-5-6-14(17)19-9-13)7-8-22(12)16-20-10-15(27-16)28(23,24)18-2/h5-6,9-10,12,18H,7-8,11H2,1-2H3,(H2,17,19). The monoisotopic (exact) mass is 456 g/mol. The van der Waals surface area contributed by atoms with Gasteiger partial charge in [0.1, 0.15) is 16.8 Å². The van der Waals surface area contributed by atoms with E-state index in [1.165, 1.54) is 35.9 Å². The van der Waals surface area contributed by atoms with Crippen molar-refractivity contribution in [3.63, 3.8) is 0 Å². The number of rotatable bonds is 5. The van der Waals surface area contributed by atoms with Gasteiger partial charge in [0.25, 0.3) is 10.0 Å². The van der Waals surface area contributed by atoms with Crippen molar-refractivity contribution in [1.82, 2.24) is 19.0 Å². The van der Waals surface area contributed by atoms with E-state index in [9.17, 15) is 16.8 Å². The third kappa shape index (κ3) is 4.36. The van der Waals surface area contributed by atoms with Gasteiger partial charge in [-0.05, 0) is 26.1 Å². The summed E-state index contributed by atoms with van der Waals surface area (Å²) in [5.41, 5.74) is 5.54. The quantitative estimate of drug-likeness (QED) is 0.596. The maximum Gasteiger partial charge on any atom is 0.251 e. The van der Waals surface area contributed by atoms with Gasteiger partial charge in [0.2, 0.25) is 10.0 Å². The molecule has 1 atom stereocenters. The molecule has 156 valence electrons. The van der Waals surface area contributed by atoms with Crippen molar-refractivity contribution in [2.75, 3.05) is 37.3 Å². The minimum absolute atomic E-state index is 0.0556. The first-order chi connectivity index (χ1) is 13.7. The molecule has 0 bridgehead atoms. The Balaban J connectivity index is 1.87. The topological polar surface area (TPSA) is 139 Å². The Labute approximate surface area is 173 Å². The van der Waals surface area contributed by atoms with Gasteiger partial charge in [0.15, 0.2) is 9.34 Å². The number of sulfonamides is 2. The van der Waals surface area contributed by atoms with Gasteiger partial charge in [0.05, 0.1) is 6.20 Å². The number of nitrogens with zero attached hydrogens (tertiary/aromatic N) is 4. The lowest BCUT2D eigenvalue weighted by Gasteiger charge is -2.38. The number of aromatic nitrogens is 2. The van der Waals surface area contributed by atoms with Gasteiger partial charge >= 0.3 is 0 Å². The molecule has 1 aliphatic rings. The number of thiazole rings is 1. The molecule has 0 spiro atoms. The molecule has 3 rings (SSSR count). The zero-order valence-corrected chi connectivity index (χ0v) is 18.2. The predicted molar refractivity (Wildman–Crippen MR) is 110 cm³/mol. The largest absolute Gasteiger partial charge is 0.384 e. The highest BCUT2D eigenvalue weighted by atomic mass is 32.2. The molecule has 1 unspecified atom stereocenters. The number of pyridine rings is 1. The van der Waals surface area contributed by atoms with E-state index in [0.29, 0.717) is 11.7 Å². The van der Waals surface area contributed by atoms with E-state index < -0.39 is 26.1 Å². The van der Waals surface area contributed by atoms with Gasteiger partial charge in [0, 0.05) is 25.8 Å². The second-order valence-electron chi connectivity index (χ2n) is 6.05. The maximum atomic E-state index is 12.9. The molecule has 0 aliphatic carbocycles. The van der Waals surface area contributed by atoms with Crippen molar-refractivity contribution in [2.24, 2.45) is 0 Å². The number of piperazine rings is 1. The summed E-state index contributed by atoms with van der Waals surface area (Å²) in [5, 5.41) is 0.470. The molecule has 2 aromatic heterocycles. The van der Waals surface area contributed by atoms with E-state index in [1.54, 1.807) is 6.92 Å². The Morgan fingerprint density at radius 2 is 1.97 bits per heavy atom. The van der Waals surface area contributed by atoms with Crippen molar-refractivity contribution in [3.8, 4) is 11.8 Å². The molecule has 29 heavy (non-hydrogen) atoms. The first kappa shape index (κ1) is 21.5. The molecule has 10 nitrogen and oxygen atoms in total. The van der Waals surface area contributed by atoms with Gasteiger partial charge in [-0.2, -0.15) is 4.31 Å². The van der Waals surface area contributed by atoms with Crippen LogP contribution in [0.25, 0.3) is 0 Å². The zero-order valence-electron chi connectivity index (χ0n) is 15.7. The summed E-state index contributed by atoms with van der Waals surface area (Å²) < 4.78 is 53.5. The van der Waals surface area contributed by atoms with Crippen LogP contribution in [0.2, 0.25) is 0 Å². The Hall–Kier alpha value is -2.24. The number of hydrogen-bond acceptors (Lipinski definition) is 9. The van der Waals surface area contributed by atoms with Crippen LogP contribution in [0.3, 0.4) is 0 Å². The van der Waals surface area contributed by atoms with Crippen LogP contribution in [0.15, 0.2) is 33.6 Å². The van der Waals surface area contributed by atoms with Gasteiger partial charge < -0.3 is 10.6 Å². The van der Waals surface area contributed by atoms with Crippen LogP contribution in [0.5, 0.6) is 0 Å². The normalized spacial score (nSPS) is 18.3. The van der Waals surface area contributed by atoms with Crippen molar-refractivity contribution in [2.45, 2.75) is 22.1 Å². The summed E-state index contributed by atoms with van der Waals surface area (Å²) in [7, 11) is -6.03. The average Bonchev–Trinajstić information content (AvgIpc) is 3.19. The fourth-order valence-electron chi connectivity index (χ4n) is 2.80. The average molecular weight is 457 g/mol. The minimum Gasteiger partial charge on any atom is -0.384 e. The maximum absolute atomic E-state index is 12.9. The smallest absolute Gasteiger partial charge is 0.251 e. The number of nitrogens with two attached hydrogens (primary N) is 1. The van der Waals surface area contributed by atoms with E-state index in [0.717, 1.165) is 11.3 Å². The Bertz CT molecular complexity index is 1150. The molecule has 13 heteroatoms. The number of nitrogen functional groups attached to an aromatic ring is 1. The van der Waals surface area contributed by atoms with Crippen molar-refractivity contribution in [3.05, 3.63) is 24.5 Å². The van der Waals surface area contributed by atoms with Crippen LogP contribution >= 0.6 is 11.3 Å². The van der Waals surface area contributed by atoms with Gasteiger partial charge in [-0.15, -0.1) is 5.92 Å². The summed E-state index contributed by atoms with van der Waals surface area (Å²) in [5.74, 6) is 6.04. The number of anilines is 2. The fourth-order valence-corrected chi connectivity index (χ4v) is 6.21. The van der Waals surface area contributed by atoms with Crippen LogP contribution in [0, 0.1) is 11.8 Å². The highest BCUT2D eigenvalue weighted by Crippen LogP contribution is 2.30. The molecule has 0 amide bonds. The van der Waals surface area contributed by atoms with E-state index in [2.05, 4.69) is 26.5 Å². The molecule has 2 aromatic rings. The van der Waals surface area contributed by atoms with Crippen molar-refractivity contribution in [1.29, 1.82) is 0 Å². The van der Waals surface area contributed by atoms with Crippen LogP contribution in [0.1, 0.15) is 6.92 Å². The van der Waals surface area contributed by atoms with E-state index in [4.69, 9.17) is 5.73 Å². The third-order valence-corrected chi connectivity index (χ3v) is 9.06. The highest BCUT2D eigenvalue weighted by Gasteiger charge is 2.35. The van der Waals surface area contributed by atoms with E-state index in [-0.39, 0.29) is 28.0 Å². The van der Waals surface area contributed by atoms with Crippen molar-refractivity contribution >= 4 is 42.3 Å².